The van der Waals surface area contributed by atoms with E-state index in [0.29, 0.717) is 29.3 Å². The maximum atomic E-state index is 15.2. The molecule has 2 amide bonds. The van der Waals surface area contributed by atoms with Crippen molar-refractivity contribution < 1.29 is 23.3 Å². The van der Waals surface area contributed by atoms with Gasteiger partial charge in [0.2, 0.25) is 0 Å². The van der Waals surface area contributed by atoms with Crippen LogP contribution in [-0.2, 0) is 4.74 Å². The molecule has 1 heterocycles. The van der Waals surface area contributed by atoms with Crippen molar-refractivity contribution in [2.24, 2.45) is 5.73 Å². The Bertz CT molecular complexity index is 1120. The van der Waals surface area contributed by atoms with E-state index in [-0.39, 0.29) is 5.56 Å². The molecule has 30 heavy (non-hydrogen) atoms. The molecule has 160 valence electrons. The molecule has 0 saturated heterocycles. The summed E-state index contributed by atoms with van der Waals surface area (Å²) >= 11 is 0. The topological polar surface area (TPSA) is 88.2 Å². The van der Waals surface area contributed by atoms with Gasteiger partial charge in [-0.2, -0.15) is 4.79 Å². The van der Waals surface area contributed by atoms with Crippen molar-refractivity contribution in [1.82, 2.24) is 4.98 Å². The first-order chi connectivity index (χ1) is 13.9. The number of aryl methyl sites for hydroxylation is 2. The first kappa shape index (κ1) is 21.7. The largest absolute Gasteiger partial charge is 0.596 e. The number of amides is 2. The molecule has 0 saturated carbocycles. The molecule has 0 spiro atoms. The highest BCUT2D eigenvalue weighted by Crippen LogP contribution is 2.37. The molecule has 0 atom stereocenters. The SMILES string of the molecule is Cc1[nH]c2c(C(N)=O)cc(F)c(C3=C/C(=[N+](/C)C(=O)OC(C)(C)C)CCC3)c2c1C. The second-order valence-corrected chi connectivity index (χ2v) is 8.82. The van der Waals surface area contributed by atoms with E-state index in [1.54, 1.807) is 7.05 Å². The smallest absolute Gasteiger partial charge is 0.406 e. The lowest BCUT2D eigenvalue weighted by Gasteiger charge is -2.19. The Morgan fingerprint density at radius 1 is 1.23 bits per heavy atom. The maximum absolute atomic E-state index is 15.2. The number of aromatic nitrogens is 1. The van der Waals surface area contributed by atoms with Crippen molar-refractivity contribution in [3.8, 4) is 0 Å². The van der Waals surface area contributed by atoms with Crippen LogP contribution in [0.25, 0.3) is 16.5 Å². The van der Waals surface area contributed by atoms with Gasteiger partial charge in [0, 0.05) is 29.1 Å². The van der Waals surface area contributed by atoms with Crippen LogP contribution < -0.4 is 5.73 Å². The lowest BCUT2D eigenvalue weighted by atomic mass is 9.88. The van der Waals surface area contributed by atoms with Crippen LogP contribution >= 0.6 is 0 Å². The number of benzene rings is 1. The number of halogens is 1. The third-order valence-corrected chi connectivity index (χ3v) is 5.43. The third kappa shape index (κ3) is 4.01. The monoisotopic (exact) mass is 414 g/mol. The van der Waals surface area contributed by atoms with Crippen LogP contribution in [0, 0.1) is 19.7 Å². The Labute approximate surface area is 175 Å². The molecule has 1 aromatic carbocycles. The molecular weight excluding hydrogens is 385 g/mol. The number of carbonyl (C=O) groups is 2. The number of primary amides is 1. The van der Waals surface area contributed by atoms with Gasteiger partial charge in [-0.15, -0.1) is 4.58 Å². The highest BCUT2D eigenvalue weighted by Gasteiger charge is 2.29. The number of carbonyl (C=O) groups excluding carboxylic acids is 2. The highest BCUT2D eigenvalue weighted by molar-refractivity contribution is 6.11. The van der Waals surface area contributed by atoms with Crippen molar-refractivity contribution >= 4 is 34.2 Å². The fourth-order valence-corrected chi connectivity index (χ4v) is 3.85. The zero-order chi connectivity index (χ0) is 22.4. The molecule has 1 aromatic heterocycles. The van der Waals surface area contributed by atoms with E-state index >= 15 is 4.39 Å². The number of nitrogens with zero attached hydrogens (tertiary/aromatic N) is 1. The van der Waals surface area contributed by atoms with Crippen LogP contribution in [0.4, 0.5) is 9.18 Å². The van der Waals surface area contributed by atoms with Gasteiger partial charge >= 0.3 is 6.09 Å². The van der Waals surface area contributed by atoms with Gasteiger partial charge in [0.1, 0.15) is 18.5 Å². The van der Waals surface area contributed by atoms with Gasteiger partial charge in [-0.05, 0) is 64.7 Å². The number of fused-ring (bicyclic) bond motifs is 1. The van der Waals surface area contributed by atoms with E-state index in [1.807, 2.05) is 40.7 Å². The second kappa shape index (κ2) is 7.70. The Balaban J connectivity index is 2.19. The molecule has 0 radical (unpaired) electrons. The van der Waals surface area contributed by atoms with Crippen molar-refractivity contribution in [3.63, 3.8) is 0 Å². The maximum Gasteiger partial charge on any atom is 0.596 e. The lowest BCUT2D eigenvalue weighted by molar-refractivity contribution is -0.419. The number of hydrogen-bond acceptors (Lipinski definition) is 3. The quantitative estimate of drug-likeness (QED) is 0.704. The van der Waals surface area contributed by atoms with Gasteiger partial charge in [0.25, 0.3) is 5.91 Å². The minimum absolute atomic E-state index is 0.133. The van der Waals surface area contributed by atoms with E-state index in [9.17, 15) is 9.59 Å². The van der Waals surface area contributed by atoms with Crippen molar-refractivity contribution in [2.45, 2.75) is 59.5 Å². The minimum atomic E-state index is -0.679. The molecule has 7 heteroatoms. The van der Waals surface area contributed by atoms with Crippen LogP contribution in [0.3, 0.4) is 0 Å². The second-order valence-electron chi connectivity index (χ2n) is 8.82. The number of nitrogens with one attached hydrogen (secondary N) is 1. The highest BCUT2D eigenvalue weighted by atomic mass is 19.1. The molecule has 0 unspecified atom stereocenters. The molecule has 1 aliphatic rings. The predicted molar refractivity (Wildman–Crippen MR) is 116 cm³/mol. The molecule has 3 rings (SSSR count). The first-order valence-corrected chi connectivity index (χ1v) is 10.1. The van der Waals surface area contributed by atoms with E-state index < -0.39 is 23.4 Å². The summed E-state index contributed by atoms with van der Waals surface area (Å²) in [6.07, 6.45) is 3.54. The van der Waals surface area contributed by atoms with E-state index in [4.69, 9.17) is 10.5 Å². The lowest BCUT2D eigenvalue weighted by Crippen LogP contribution is -2.32. The van der Waals surface area contributed by atoms with Crippen molar-refractivity contribution in [2.75, 3.05) is 7.05 Å². The molecule has 1 aliphatic carbocycles. The van der Waals surface area contributed by atoms with Gasteiger partial charge in [0.05, 0.1) is 11.1 Å². The Hall–Kier alpha value is -2.96. The summed E-state index contributed by atoms with van der Waals surface area (Å²) in [7, 11) is 1.66. The molecule has 0 fully saturated rings. The van der Waals surface area contributed by atoms with Gasteiger partial charge in [-0.1, -0.05) is 0 Å². The van der Waals surface area contributed by atoms with Crippen LogP contribution in [0.2, 0.25) is 0 Å². The standard InChI is InChI=1S/C23H28FN3O3/c1-12-13(2)26-20-16(21(25)28)11-17(24)19(18(12)20)14-8-7-9-15(10-14)27(6)22(29)30-23(3,4)5/h10-11H,7-9H2,1-6H3,(H2,25,28)/p+1. The minimum Gasteiger partial charge on any atom is -0.406 e. The number of ether oxygens (including phenoxy) is 1. The summed E-state index contributed by atoms with van der Waals surface area (Å²) in [5.74, 6) is -1.17. The summed E-state index contributed by atoms with van der Waals surface area (Å²) < 4.78 is 22.2. The first-order valence-electron chi connectivity index (χ1n) is 10.1. The number of aromatic amines is 1. The average molecular weight is 415 g/mol. The number of hydrogen-bond donors (Lipinski definition) is 2. The van der Waals surface area contributed by atoms with Crippen molar-refractivity contribution in [3.05, 3.63) is 40.3 Å². The Morgan fingerprint density at radius 3 is 2.50 bits per heavy atom. The summed E-state index contributed by atoms with van der Waals surface area (Å²) in [6.45, 7) is 9.21. The normalized spacial score (nSPS) is 16.4. The summed E-state index contributed by atoms with van der Waals surface area (Å²) in [4.78, 5) is 27.5. The predicted octanol–water partition coefficient (Wildman–Crippen LogP) is 4.61. The summed E-state index contributed by atoms with van der Waals surface area (Å²) in [5.41, 5.74) is 9.28. The molecule has 2 aromatic rings. The molecule has 3 N–H and O–H groups in total. The van der Waals surface area contributed by atoms with Crippen LogP contribution in [0.15, 0.2) is 12.1 Å². The van der Waals surface area contributed by atoms with Crippen molar-refractivity contribution in [1.29, 1.82) is 0 Å². The molecule has 0 bridgehead atoms. The van der Waals surface area contributed by atoms with Crippen LogP contribution in [0.5, 0.6) is 0 Å². The fraction of sp³-hybridized carbons (Fsp3) is 0.435. The Morgan fingerprint density at radius 2 is 1.90 bits per heavy atom. The number of nitrogens with two attached hydrogens (primary N) is 1. The van der Waals surface area contributed by atoms with Gasteiger partial charge in [0.15, 0.2) is 5.71 Å². The van der Waals surface area contributed by atoms with E-state index in [1.165, 1.54) is 10.6 Å². The van der Waals surface area contributed by atoms with E-state index in [2.05, 4.69) is 4.98 Å². The Kier molecular flexibility index (Phi) is 5.58. The van der Waals surface area contributed by atoms with Crippen LogP contribution in [-0.4, -0.2) is 39.9 Å². The summed E-state index contributed by atoms with van der Waals surface area (Å²) in [5, 5.41) is 0.661. The molecule has 0 aliphatic heterocycles. The summed E-state index contributed by atoms with van der Waals surface area (Å²) in [6, 6.07) is 1.20. The van der Waals surface area contributed by atoms with Crippen LogP contribution in [0.1, 0.15) is 67.2 Å². The average Bonchev–Trinajstić information content (AvgIpc) is 2.94. The zero-order valence-electron chi connectivity index (χ0n) is 18.4. The number of rotatable bonds is 2. The third-order valence-electron chi connectivity index (χ3n) is 5.43. The fourth-order valence-electron chi connectivity index (χ4n) is 3.85. The van der Waals surface area contributed by atoms with Gasteiger partial charge < -0.3 is 15.5 Å². The number of H-pyrrole nitrogens is 1. The molecular formula is C23H29FN3O3+. The van der Waals surface area contributed by atoms with Gasteiger partial charge in [-0.3, -0.25) is 4.79 Å². The molecule has 6 nitrogen and oxygen atoms in total. The number of allylic oxidation sites excluding steroid dienone is 2. The van der Waals surface area contributed by atoms with E-state index in [0.717, 1.165) is 29.0 Å². The van der Waals surface area contributed by atoms with Gasteiger partial charge in [-0.25, -0.2) is 4.39 Å². The zero-order valence-corrected chi connectivity index (χ0v) is 18.4.